The molecule has 3 heteroatoms. The van der Waals surface area contributed by atoms with Crippen LogP contribution in [0.5, 0.6) is 0 Å². The summed E-state index contributed by atoms with van der Waals surface area (Å²) in [6, 6.07) is 0. The Kier molecular flexibility index (Phi) is 15.6. The van der Waals surface area contributed by atoms with Crippen LogP contribution in [0, 0.1) is 0 Å². The fourth-order valence-corrected chi connectivity index (χ4v) is 3.79. The molecule has 0 heterocycles. The first-order valence-electron chi connectivity index (χ1n) is 12.5. The van der Waals surface area contributed by atoms with Gasteiger partial charge >= 0.3 is 0 Å². The van der Waals surface area contributed by atoms with Gasteiger partial charge in [0.2, 0.25) is 0 Å². The first-order chi connectivity index (χ1) is 14.2. The highest BCUT2D eigenvalue weighted by atomic mass is 16.5. The Balaban J connectivity index is 2.03. The van der Waals surface area contributed by atoms with Crippen LogP contribution in [0.25, 0.3) is 0 Å². The van der Waals surface area contributed by atoms with Gasteiger partial charge in [0.05, 0.1) is 11.8 Å². The molecule has 0 bridgehead atoms. The van der Waals surface area contributed by atoms with Gasteiger partial charge in [-0.3, -0.25) is 4.99 Å². The molecule has 1 rings (SSSR count). The molecule has 0 spiro atoms. The van der Waals surface area contributed by atoms with Gasteiger partial charge in [-0.25, -0.2) is 0 Å². The highest BCUT2D eigenvalue weighted by Gasteiger charge is 2.21. The quantitative estimate of drug-likeness (QED) is 0.101. The van der Waals surface area contributed by atoms with Gasteiger partial charge in [0.15, 0.2) is 11.5 Å². The predicted molar refractivity (Wildman–Crippen MR) is 127 cm³/mol. The number of aliphatic hydroxyl groups excluding tert-OH is 1. The molecule has 3 nitrogen and oxygen atoms in total. The third-order valence-electron chi connectivity index (χ3n) is 5.95. The topological polar surface area (TPSA) is 41.8 Å². The minimum Gasteiger partial charge on any atom is -0.503 e. The second-order valence-corrected chi connectivity index (χ2v) is 8.62. The normalized spacial score (nSPS) is 15.4. The van der Waals surface area contributed by atoms with Crippen molar-refractivity contribution in [2.24, 2.45) is 4.99 Å². The summed E-state index contributed by atoms with van der Waals surface area (Å²) in [5.41, 5.74) is 0.718. The lowest BCUT2D eigenvalue weighted by Crippen LogP contribution is -2.21. The molecule has 29 heavy (non-hydrogen) atoms. The molecule has 0 aliphatic heterocycles. The number of hydrogen-bond donors (Lipinski definition) is 1. The Bertz CT molecular complexity index is 477. The largest absolute Gasteiger partial charge is 0.503 e. The second kappa shape index (κ2) is 17.6. The second-order valence-electron chi connectivity index (χ2n) is 8.62. The summed E-state index contributed by atoms with van der Waals surface area (Å²) in [6.45, 7) is 8.06. The van der Waals surface area contributed by atoms with Crippen molar-refractivity contribution < 1.29 is 9.84 Å². The van der Waals surface area contributed by atoms with Crippen molar-refractivity contribution in [1.29, 1.82) is 0 Å². The zero-order chi connectivity index (χ0) is 21.2. The zero-order valence-electron chi connectivity index (χ0n) is 19.4. The summed E-state index contributed by atoms with van der Waals surface area (Å²) in [5, 5.41) is 10.4. The maximum absolute atomic E-state index is 10.4. The number of rotatable bonds is 19. The van der Waals surface area contributed by atoms with Crippen molar-refractivity contribution in [2.75, 3.05) is 0 Å². The lowest BCUT2D eigenvalue weighted by atomic mass is 9.96. The Hall–Kier alpha value is -1.25. The van der Waals surface area contributed by atoms with E-state index in [1.165, 1.54) is 89.9 Å². The van der Waals surface area contributed by atoms with E-state index in [9.17, 15) is 5.11 Å². The number of aliphatic imine (C=N–C) groups is 1. The van der Waals surface area contributed by atoms with Crippen LogP contribution in [0.15, 0.2) is 28.8 Å². The van der Waals surface area contributed by atoms with Gasteiger partial charge in [0, 0.05) is 6.21 Å². The van der Waals surface area contributed by atoms with Gasteiger partial charge in [0.1, 0.15) is 0 Å². The van der Waals surface area contributed by atoms with Crippen molar-refractivity contribution in [3.8, 4) is 0 Å². The van der Waals surface area contributed by atoms with Crippen molar-refractivity contribution in [2.45, 2.75) is 136 Å². The Morgan fingerprint density at radius 3 is 1.79 bits per heavy atom. The van der Waals surface area contributed by atoms with E-state index in [2.05, 4.69) is 18.5 Å². The third kappa shape index (κ3) is 12.8. The molecule has 1 N–H and O–H groups in total. The fraction of sp³-hybridized carbons (Fsp3) is 0.808. The molecule has 0 atom stereocenters. The van der Waals surface area contributed by atoms with Gasteiger partial charge in [-0.1, -0.05) is 97.0 Å². The summed E-state index contributed by atoms with van der Waals surface area (Å²) in [4.78, 5) is 4.36. The highest BCUT2D eigenvalue weighted by molar-refractivity contribution is 5.55. The van der Waals surface area contributed by atoms with Crippen LogP contribution < -0.4 is 0 Å². The van der Waals surface area contributed by atoms with Crippen LogP contribution in [0.4, 0.5) is 0 Å². The Labute approximate surface area is 180 Å². The van der Waals surface area contributed by atoms with Crippen molar-refractivity contribution in [3.63, 3.8) is 0 Å². The van der Waals surface area contributed by atoms with Gasteiger partial charge < -0.3 is 9.84 Å². The third-order valence-corrected chi connectivity index (χ3v) is 5.95. The maximum atomic E-state index is 10.4. The lowest BCUT2D eigenvalue weighted by Gasteiger charge is -2.27. The molecular weight excluding hydrogens is 358 g/mol. The maximum Gasteiger partial charge on any atom is 0.179 e. The van der Waals surface area contributed by atoms with E-state index in [0.29, 0.717) is 5.76 Å². The number of unbranched alkanes of at least 4 members (excludes halogenated alkanes) is 13. The number of aliphatic hydroxyl groups is 1. The zero-order valence-corrected chi connectivity index (χ0v) is 19.4. The molecule has 0 radical (unpaired) electrons. The van der Waals surface area contributed by atoms with Gasteiger partial charge in [-0.05, 0) is 39.0 Å². The summed E-state index contributed by atoms with van der Waals surface area (Å²) < 4.78 is 5.72. The molecule has 1 aliphatic carbocycles. The molecular formula is C26H47NO2. The van der Waals surface area contributed by atoms with E-state index < -0.39 is 0 Å². The number of hydrogen-bond acceptors (Lipinski definition) is 3. The summed E-state index contributed by atoms with van der Waals surface area (Å²) >= 11 is 0. The van der Waals surface area contributed by atoms with Crippen LogP contribution in [0.3, 0.4) is 0 Å². The average Bonchev–Trinajstić information content (AvgIpc) is 2.69. The fourth-order valence-electron chi connectivity index (χ4n) is 3.79. The van der Waals surface area contributed by atoms with E-state index >= 15 is 0 Å². The molecule has 0 saturated heterocycles. The number of nitrogens with zero attached hydrogens (tertiary/aromatic N) is 1. The smallest absolute Gasteiger partial charge is 0.179 e. The summed E-state index contributed by atoms with van der Waals surface area (Å²) in [6.07, 6.45) is 25.0. The first kappa shape index (κ1) is 25.8. The van der Waals surface area contributed by atoms with E-state index in [1.807, 2.05) is 6.92 Å². The van der Waals surface area contributed by atoms with Crippen molar-refractivity contribution in [1.82, 2.24) is 0 Å². The molecule has 1 fully saturated rings. The van der Waals surface area contributed by atoms with E-state index in [-0.39, 0.29) is 11.9 Å². The average molecular weight is 406 g/mol. The van der Waals surface area contributed by atoms with Crippen LogP contribution in [0.1, 0.15) is 129 Å². The van der Waals surface area contributed by atoms with Gasteiger partial charge in [-0.2, -0.15) is 0 Å². The molecule has 0 aromatic rings. The van der Waals surface area contributed by atoms with Crippen molar-refractivity contribution in [3.05, 3.63) is 23.8 Å². The standard InChI is InChI=1S/C26H47NO2/c1-4-6-7-8-9-10-11-12-13-14-15-16-17-18-22-25(27-5-2)26(28)23(3)29-24-20-19-21-24/h5,24,28H,3-4,6-22H2,1-2H3/b26-25+,27-5+. The molecule has 168 valence electrons. The molecule has 0 amide bonds. The predicted octanol–water partition coefficient (Wildman–Crippen LogP) is 8.80. The van der Waals surface area contributed by atoms with Crippen molar-refractivity contribution >= 4 is 6.21 Å². The highest BCUT2D eigenvalue weighted by Crippen LogP contribution is 2.27. The van der Waals surface area contributed by atoms with Gasteiger partial charge in [0.25, 0.3) is 0 Å². The van der Waals surface area contributed by atoms with Gasteiger partial charge in [-0.15, -0.1) is 0 Å². The van der Waals surface area contributed by atoms with Crippen LogP contribution in [-0.4, -0.2) is 17.4 Å². The van der Waals surface area contributed by atoms with Crippen LogP contribution in [-0.2, 0) is 4.74 Å². The number of allylic oxidation sites excluding steroid dienone is 1. The lowest BCUT2D eigenvalue weighted by molar-refractivity contribution is 0.0483. The van der Waals surface area contributed by atoms with E-state index in [0.717, 1.165) is 31.4 Å². The monoisotopic (exact) mass is 405 g/mol. The summed E-state index contributed by atoms with van der Waals surface area (Å²) in [5.74, 6) is 0.533. The van der Waals surface area contributed by atoms with Crippen LogP contribution in [0.2, 0.25) is 0 Å². The molecule has 0 aromatic carbocycles. The minimum absolute atomic E-state index is 0.143. The SMILES string of the molecule is C=C(OC1CCC1)/C(O)=C(CCCCCCCCCCCCCCCC)\N=C\C. The Morgan fingerprint density at radius 2 is 1.38 bits per heavy atom. The summed E-state index contributed by atoms with van der Waals surface area (Å²) in [7, 11) is 0. The van der Waals surface area contributed by atoms with Crippen LogP contribution >= 0.6 is 0 Å². The van der Waals surface area contributed by atoms with E-state index in [4.69, 9.17) is 4.74 Å². The molecule has 0 aromatic heterocycles. The number of ether oxygens (including phenoxy) is 1. The van der Waals surface area contributed by atoms with E-state index in [1.54, 1.807) is 6.21 Å². The molecule has 1 saturated carbocycles. The molecule has 0 unspecified atom stereocenters. The Morgan fingerprint density at radius 1 is 0.897 bits per heavy atom. The minimum atomic E-state index is 0.143. The molecule has 1 aliphatic rings. The first-order valence-corrected chi connectivity index (χ1v) is 12.5.